The third-order valence-electron chi connectivity index (χ3n) is 4.48. The van der Waals surface area contributed by atoms with Gasteiger partial charge in [-0.2, -0.15) is 0 Å². The van der Waals surface area contributed by atoms with Crippen LogP contribution < -0.4 is 0 Å². The van der Waals surface area contributed by atoms with E-state index in [0.29, 0.717) is 0 Å². The molecular formula is C14H26O12. The van der Waals surface area contributed by atoms with Crippen molar-refractivity contribution < 1.29 is 59.8 Å². The Hall–Kier alpha value is -0.480. The molecule has 154 valence electrons. The number of hydrogen-bond donors (Lipinski definition) is 8. The van der Waals surface area contributed by atoms with Crippen LogP contribution in [0.4, 0.5) is 0 Å². The molecule has 0 saturated carbocycles. The van der Waals surface area contributed by atoms with Gasteiger partial charge in [0.05, 0.1) is 19.3 Å². The molecule has 2 saturated heterocycles. The molecule has 0 amide bonds. The van der Waals surface area contributed by atoms with E-state index in [0.717, 1.165) is 0 Å². The van der Waals surface area contributed by atoms with Crippen LogP contribution in [0.15, 0.2) is 0 Å². The largest absolute Gasteiger partial charge is 0.394 e. The molecule has 0 spiro atoms. The summed E-state index contributed by atoms with van der Waals surface area (Å²) in [5, 5.41) is 77.4. The quantitative estimate of drug-likeness (QED) is 0.202. The minimum Gasteiger partial charge on any atom is -0.394 e. The second kappa shape index (κ2) is 9.14. The maximum atomic E-state index is 10.1. The van der Waals surface area contributed by atoms with Crippen LogP contribution in [0.25, 0.3) is 0 Å². The topological polar surface area (TPSA) is 199 Å². The standard InChI is InChI=1S/C14H26O12/c1-4-7(17)10(20)12(6(3-16)23-4)25-14(22)26-13-11(21)9(19)8(18)5(2-15)24-13/h4-22H,2-3H2,1H3/t4-,5?,6?,7?,8+,9?,10?,11+,12+,13-,14?/m0/s1. The van der Waals surface area contributed by atoms with Gasteiger partial charge in [-0.05, 0) is 6.92 Å². The van der Waals surface area contributed by atoms with Crippen LogP contribution in [0.2, 0.25) is 0 Å². The van der Waals surface area contributed by atoms with E-state index < -0.39 is 80.9 Å². The third-order valence-corrected chi connectivity index (χ3v) is 4.48. The fourth-order valence-electron chi connectivity index (χ4n) is 2.90. The summed E-state index contributed by atoms with van der Waals surface area (Å²) < 4.78 is 20.3. The summed E-state index contributed by atoms with van der Waals surface area (Å²) in [6.07, 6.45) is -14.1. The lowest BCUT2D eigenvalue weighted by Gasteiger charge is -2.43. The van der Waals surface area contributed by atoms with Gasteiger partial charge in [-0.3, -0.25) is 4.74 Å². The van der Waals surface area contributed by atoms with Gasteiger partial charge in [-0.15, -0.1) is 0 Å². The van der Waals surface area contributed by atoms with Crippen molar-refractivity contribution in [2.75, 3.05) is 13.2 Å². The molecule has 2 aliphatic heterocycles. The van der Waals surface area contributed by atoms with Crippen LogP contribution in [0, 0.1) is 0 Å². The summed E-state index contributed by atoms with van der Waals surface area (Å²) in [6, 6.07) is 0. The lowest BCUT2D eigenvalue weighted by atomic mass is 9.96. The average Bonchev–Trinajstić information content (AvgIpc) is 2.62. The van der Waals surface area contributed by atoms with Crippen LogP contribution in [0.3, 0.4) is 0 Å². The molecule has 0 bridgehead atoms. The highest BCUT2D eigenvalue weighted by Crippen LogP contribution is 2.26. The minimum atomic E-state index is -2.12. The van der Waals surface area contributed by atoms with Crippen LogP contribution >= 0.6 is 0 Å². The maximum absolute atomic E-state index is 10.1. The average molecular weight is 386 g/mol. The van der Waals surface area contributed by atoms with Gasteiger partial charge in [-0.25, -0.2) is 0 Å². The molecule has 6 unspecified atom stereocenters. The fourth-order valence-corrected chi connectivity index (χ4v) is 2.90. The zero-order valence-corrected chi connectivity index (χ0v) is 14.0. The molecule has 0 aromatic rings. The van der Waals surface area contributed by atoms with Crippen LogP contribution in [-0.2, 0) is 18.9 Å². The first-order valence-electron chi connectivity index (χ1n) is 8.13. The van der Waals surface area contributed by atoms with Crippen molar-refractivity contribution in [1.82, 2.24) is 0 Å². The Kier molecular flexibility index (Phi) is 7.67. The molecule has 11 atom stereocenters. The van der Waals surface area contributed by atoms with E-state index in [1.807, 2.05) is 0 Å². The van der Waals surface area contributed by atoms with Gasteiger partial charge in [0.15, 0.2) is 6.29 Å². The van der Waals surface area contributed by atoms with Gasteiger partial charge in [0.2, 0.25) is 0 Å². The van der Waals surface area contributed by atoms with Crippen molar-refractivity contribution >= 4 is 0 Å². The number of hydrogen-bond acceptors (Lipinski definition) is 12. The Balaban J connectivity index is 1.99. The highest BCUT2D eigenvalue weighted by molar-refractivity contribution is 4.92. The van der Waals surface area contributed by atoms with E-state index in [1.165, 1.54) is 6.92 Å². The Morgan fingerprint density at radius 1 is 0.769 bits per heavy atom. The van der Waals surface area contributed by atoms with Gasteiger partial charge in [0, 0.05) is 0 Å². The molecule has 2 heterocycles. The Labute approximate surface area is 148 Å². The minimum absolute atomic E-state index is 0.578. The van der Waals surface area contributed by atoms with Crippen molar-refractivity contribution in [3.8, 4) is 0 Å². The van der Waals surface area contributed by atoms with E-state index in [-0.39, 0.29) is 0 Å². The predicted octanol–water partition coefficient (Wildman–Crippen LogP) is -5.03. The predicted molar refractivity (Wildman–Crippen MR) is 79.2 cm³/mol. The molecule has 0 radical (unpaired) electrons. The summed E-state index contributed by atoms with van der Waals surface area (Å²) in [6.45, 7) is -1.90. The SMILES string of the molecule is C[C@@H]1OC(CO)[C@@H](OC(O)O[C@@H]2OC(CO)[C@@H](O)C(O)[C@H]2O)C(O)C1O. The van der Waals surface area contributed by atoms with Gasteiger partial charge < -0.3 is 55.1 Å². The van der Waals surface area contributed by atoms with Crippen molar-refractivity contribution in [1.29, 1.82) is 0 Å². The lowest BCUT2D eigenvalue weighted by molar-refractivity contribution is -0.397. The van der Waals surface area contributed by atoms with E-state index in [1.54, 1.807) is 0 Å². The Morgan fingerprint density at radius 3 is 1.96 bits per heavy atom. The molecule has 0 aromatic carbocycles. The fraction of sp³-hybridized carbons (Fsp3) is 1.00. The first-order valence-corrected chi connectivity index (χ1v) is 8.13. The van der Waals surface area contributed by atoms with Gasteiger partial charge in [0.1, 0.15) is 48.8 Å². The third kappa shape index (κ3) is 4.49. The molecule has 26 heavy (non-hydrogen) atoms. The number of aliphatic hydroxyl groups is 8. The zero-order chi connectivity index (χ0) is 19.6. The van der Waals surface area contributed by atoms with Crippen LogP contribution in [0.5, 0.6) is 0 Å². The number of aliphatic hydroxyl groups excluding tert-OH is 8. The normalized spacial score (nSPS) is 48.3. The summed E-state index contributed by atoms with van der Waals surface area (Å²) in [5.74, 6) is 0. The smallest absolute Gasteiger partial charge is 0.271 e. The van der Waals surface area contributed by atoms with Crippen molar-refractivity contribution in [3.05, 3.63) is 0 Å². The summed E-state index contributed by atoms with van der Waals surface area (Å²) in [4.78, 5) is 0. The molecule has 12 heteroatoms. The van der Waals surface area contributed by atoms with E-state index in [2.05, 4.69) is 0 Å². The highest BCUT2D eigenvalue weighted by atomic mass is 16.9. The number of rotatable bonds is 6. The van der Waals surface area contributed by atoms with E-state index >= 15 is 0 Å². The maximum Gasteiger partial charge on any atom is 0.271 e. The number of ether oxygens (including phenoxy) is 4. The van der Waals surface area contributed by atoms with Gasteiger partial charge >= 0.3 is 0 Å². The molecule has 2 fully saturated rings. The highest BCUT2D eigenvalue weighted by Gasteiger charge is 2.47. The molecule has 2 rings (SSSR count). The van der Waals surface area contributed by atoms with Crippen molar-refractivity contribution in [2.24, 2.45) is 0 Å². The van der Waals surface area contributed by atoms with Gasteiger partial charge in [-0.1, -0.05) is 0 Å². The first kappa shape index (κ1) is 21.8. The van der Waals surface area contributed by atoms with E-state index in [4.69, 9.17) is 24.1 Å². The molecule has 8 N–H and O–H groups in total. The van der Waals surface area contributed by atoms with Gasteiger partial charge in [0.25, 0.3) is 6.48 Å². The summed E-state index contributed by atoms with van der Waals surface area (Å²) >= 11 is 0. The Bertz CT molecular complexity index is 434. The lowest BCUT2D eigenvalue weighted by Crippen LogP contribution is -2.61. The Morgan fingerprint density at radius 2 is 1.38 bits per heavy atom. The first-order chi connectivity index (χ1) is 12.2. The summed E-state index contributed by atoms with van der Waals surface area (Å²) in [5.41, 5.74) is 0. The molecule has 0 aromatic heterocycles. The second-order valence-electron chi connectivity index (χ2n) is 6.28. The molecule has 0 aliphatic carbocycles. The second-order valence-corrected chi connectivity index (χ2v) is 6.28. The monoisotopic (exact) mass is 386 g/mol. The van der Waals surface area contributed by atoms with Crippen molar-refractivity contribution in [2.45, 2.75) is 74.6 Å². The van der Waals surface area contributed by atoms with E-state index in [9.17, 15) is 35.7 Å². The molecule has 2 aliphatic rings. The zero-order valence-electron chi connectivity index (χ0n) is 14.0. The molecular weight excluding hydrogens is 360 g/mol. The molecule has 12 nitrogen and oxygen atoms in total. The van der Waals surface area contributed by atoms with Crippen LogP contribution in [-0.4, -0.2) is 122 Å². The summed E-state index contributed by atoms with van der Waals surface area (Å²) in [7, 11) is 0. The van der Waals surface area contributed by atoms with Crippen LogP contribution in [0.1, 0.15) is 6.92 Å². The van der Waals surface area contributed by atoms with Crippen molar-refractivity contribution in [3.63, 3.8) is 0 Å².